The van der Waals surface area contributed by atoms with Gasteiger partial charge in [0.25, 0.3) is 0 Å². The summed E-state index contributed by atoms with van der Waals surface area (Å²) in [5.74, 6) is 2.94. The molecule has 0 aromatic carbocycles. The topological polar surface area (TPSA) is 67.8 Å². The average molecular weight is 565 g/mol. The molecule has 224 valence electrons. The van der Waals surface area contributed by atoms with Gasteiger partial charge in [-0.15, -0.1) is 11.6 Å². The molecule has 2 saturated heterocycles. The third-order valence-electron chi connectivity index (χ3n) is 9.83. The lowest BCUT2D eigenvalue weighted by molar-refractivity contribution is -0.136. The van der Waals surface area contributed by atoms with Crippen molar-refractivity contribution < 1.29 is 9.90 Å². The Morgan fingerprint density at radius 3 is 2.41 bits per heavy atom. The molecular weight excluding hydrogens is 508 g/mol. The Hall–Kier alpha value is -0.660. The number of aliphatic hydroxyl groups excluding tert-OH is 1. The van der Waals surface area contributed by atoms with Crippen LogP contribution in [0.4, 0.5) is 0 Å². The van der Waals surface area contributed by atoms with Crippen molar-refractivity contribution in [3.63, 3.8) is 0 Å². The molecule has 39 heavy (non-hydrogen) atoms. The van der Waals surface area contributed by atoms with Gasteiger partial charge in [0.15, 0.2) is 0 Å². The van der Waals surface area contributed by atoms with Gasteiger partial charge >= 0.3 is 0 Å². The van der Waals surface area contributed by atoms with Crippen LogP contribution in [0.15, 0.2) is 11.6 Å². The Bertz CT molecular complexity index is 787. The Labute approximate surface area is 243 Å². The Balaban J connectivity index is 1.37. The van der Waals surface area contributed by atoms with Gasteiger partial charge in [0.1, 0.15) is 6.23 Å². The molecule has 5 unspecified atom stereocenters. The summed E-state index contributed by atoms with van der Waals surface area (Å²) < 4.78 is 0. The number of piperazine rings is 1. The van der Waals surface area contributed by atoms with E-state index in [2.05, 4.69) is 54.2 Å². The van der Waals surface area contributed by atoms with Gasteiger partial charge in [-0.2, -0.15) is 0 Å². The number of halogens is 1. The van der Waals surface area contributed by atoms with E-state index in [1.54, 1.807) is 0 Å². The summed E-state index contributed by atoms with van der Waals surface area (Å²) in [6.45, 7) is 13.8. The number of allylic oxidation sites excluding steroid dienone is 1. The second-order valence-electron chi connectivity index (χ2n) is 13.9. The predicted molar refractivity (Wildman–Crippen MR) is 162 cm³/mol. The van der Waals surface area contributed by atoms with E-state index < -0.39 is 6.23 Å². The molecule has 3 fully saturated rings. The molecule has 6 atom stereocenters. The second kappa shape index (κ2) is 15.0. The maximum atomic E-state index is 13.9. The van der Waals surface area contributed by atoms with E-state index >= 15 is 0 Å². The van der Waals surface area contributed by atoms with Crippen LogP contribution in [-0.4, -0.2) is 83.3 Å². The van der Waals surface area contributed by atoms with E-state index in [1.807, 2.05) is 0 Å². The molecule has 0 bridgehead atoms. The molecule has 3 N–H and O–H groups in total. The Morgan fingerprint density at radius 1 is 1.08 bits per heavy atom. The minimum atomic E-state index is -0.676. The number of nitrogens with zero attached hydrogens (tertiary/aromatic N) is 2. The zero-order valence-electron chi connectivity index (χ0n) is 25.2. The lowest BCUT2D eigenvalue weighted by Crippen LogP contribution is -2.57. The van der Waals surface area contributed by atoms with Crippen LogP contribution in [0.2, 0.25) is 0 Å². The average Bonchev–Trinajstić information content (AvgIpc) is 3.31. The van der Waals surface area contributed by atoms with Gasteiger partial charge in [-0.3, -0.25) is 15.0 Å². The summed E-state index contributed by atoms with van der Waals surface area (Å²) in [4.78, 5) is 18.6. The lowest BCUT2D eigenvalue weighted by atomic mass is 9.77. The van der Waals surface area contributed by atoms with Crippen molar-refractivity contribution in [2.45, 2.75) is 128 Å². The van der Waals surface area contributed by atoms with E-state index in [1.165, 1.54) is 44.1 Å². The van der Waals surface area contributed by atoms with Crippen LogP contribution in [0.1, 0.15) is 98.3 Å². The first-order chi connectivity index (χ1) is 18.7. The summed E-state index contributed by atoms with van der Waals surface area (Å²) in [5, 5.41) is 18.5. The fourth-order valence-corrected chi connectivity index (χ4v) is 8.00. The number of aliphatic hydroxyl groups is 1. The largest absolute Gasteiger partial charge is 0.379 e. The van der Waals surface area contributed by atoms with E-state index in [-0.39, 0.29) is 17.3 Å². The quantitative estimate of drug-likeness (QED) is 0.174. The van der Waals surface area contributed by atoms with Crippen LogP contribution in [0, 0.1) is 23.7 Å². The number of alkyl halides is 1. The number of carbonyl (C=O) groups is 1. The van der Waals surface area contributed by atoms with Crippen molar-refractivity contribution >= 4 is 17.5 Å². The Morgan fingerprint density at radius 2 is 1.77 bits per heavy atom. The number of hydrogen-bond acceptors (Lipinski definition) is 5. The summed E-state index contributed by atoms with van der Waals surface area (Å²) >= 11 is 6.35. The first kappa shape index (κ1) is 31.3. The zero-order chi connectivity index (χ0) is 27.9. The van der Waals surface area contributed by atoms with Gasteiger partial charge in [-0.1, -0.05) is 52.2 Å². The SMILES string of the molecule is CC(C)CC(CC(C)C)N1CCN(C(=O)[C@@H](CC2=CCC(Cl)CC2)NC(O)CC2NCC3CCCCC32)CC1. The first-order valence-corrected chi connectivity index (χ1v) is 16.7. The lowest BCUT2D eigenvalue weighted by Gasteiger charge is -2.42. The highest BCUT2D eigenvalue weighted by Gasteiger charge is 2.39. The first-order valence-electron chi connectivity index (χ1n) is 16.2. The number of amides is 1. The molecule has 2 heterocycles. The van der Waals surface area contributed by atoms with Crippen molar-refractivity contribution in [3.8, 4) is 0 Å². The van der Waals surface area contributed by atoms with E-state index in [9.17, 15) is 9.90 Å². The molecule has 0 aromatic heterocycles. The standard InChI is InChI=1S/C32H57ClN4O2/c1-22(2)17-27(18-23(3)4)36-13-15-37(16-14-36)32(39)30(19-24-9-11-26(33)12-10-24)35-31(38)20-29-28-8-6-5-7-25(28)21-34-29/h9,22-23,25-31,34-35,38H,5-8,10-21H2,1-4H3/t25?,26?,28?,29?,30-,31?/m1/s1. The van der Waals surface area contributed by atoms with Gasteiger partial charge in [-0.05, 0) is 81.6 Å². The van der Waals surface area contributed by atoms with Crippen LogP contribution in [-0.2, 0) is 4.79 Å². The van der Waals surface area contributed by atoms with Crippen LogP contribution in [0.25, 0.3) is 0 Å². The molecule has 1 amide bonds. The highest BCUT2D eigenvalue weighted by Crippen LogP contribution is 2.37. The fraction of sp³-hybridized carbons (Fsp3) is 0.906. The normalized spacial score (nSPS) is 30.1. The fourth-order valence-electron chi connectivity index (χ4n) is 7.80. The summed E-state index contributed by atoms with van der Waals surface area (Å²) in [7, 11) is 0. The molecule has 0 aromatic rings. The van der Waals surface area contributed by atoms with Crippen LogP contribution < -0.4 is 10.6 Å². The van der Waals surface area contributed by atoms with Gasteiger partial charge in [0, 0.05) is 50.1 Å². The number of fused-ring (bicyclic) bond motifs is 1. The van der Waals surface area contributed by atoms with Gasteiger partial charge in [-0.25, -0.2) is 0 Å². The summed E-state index contributed by atoms with van der Waals surface area (Å²) in [6.07, 6.45) is 13.4. The van der Waals surface area contributed by atoms with Crippen molar-refractivity contribution in [3.05, 3.63) is 11.6 Å². The monoisotopic (exact) mass is 564 g/mol. The van der Waals surface area contributed by atoms with Crippen molar-refractivity contribution in [2.75, 3.05) is 32.7 Å². The van der Waals surface area contributed by atoms with E-state index in [0.717, 1.165) is 57.9 Å². The molecule has 0 radical (unpaired) electrons. The van der Waals surface area contributed by atoms with Crippen molar-refractivity contribution in [2.24, 2.45) is 23.7 Å². The minimum Gasteiger partial charge on any atom is -0.379 e. The smallest absolute Gasteiger partial charge is 0.240 e. The molecule has 7 heteroatoms. The van der Waals surface area contributed by atoms with Gasteiger partial charge in [0.2, 0.25) is 5.91 Å². The molecule has 0 spiro atoms. The van der Waals surface area contributed by atoms with Crippen LogP contribution >= 0.6 is 11.6 Å². The minimum absolute atomic E-state index is 0.154. The zero-order valence-corrected chi connectivity index (χ0v) is 26.0. The van der Waals surface area contributed by atoms with Gasteiger partial charge in [0.05, 0.1) is 6.04 Å². The van der Waals surface area contributed by atoms with Crippen molar-refractivity contribution in [1.82, 2.24) is 20.4 Å². The highest BCUT2D eigenvalue weighted by atomic mass is 35.5. The molecule has 4 rings (SSSR count). The second-order valence-corrected chi connectivity index (χ2v) is 14.5. The molecule has 6 nitrogen and oxygen atoms in total. The predicted octanol–water partition coefficient (Wildman–Crippen LogP) is 5.14. The van der Waals surface area contributed by atoms with Crippen molar-refractivity contribution in [1.29, 1.82) is 0 Å². The third kappa shape index (κ3) is 9.16. The van der Waals surface area contributed by atoms with E-state index in [0.29, 0.717) is 42.7 Å². The maximum Gasteiger partial charge on any atom is 0.240 e. The highest BCUT2D eigenvalue weighted by molar-refractivity contribution is 6.20. The maximum absolute atomic E-state index is 13.9. The molecule has 1 saturated carbocycles. The number of nitrogens with one attached hydrogen (secondary N) is 2. The summed E-state index contributed by atoms with van der Waals surface area (Å²) in [5.41, 5.74) is 1.31. The van der Waals surface area contributed by atoms with Crippen LogP contribution in [0.5, 0.6) is 0 Å². The third-order valence-corrected chi connectivity index (χ3v) is 10.2. The number of hydrogen-bond donors (Lipinski definition) is 3. The molecular formula is C32H57ClN4O2. The summed E-state index contributed by atoms with van der Waals surface area (Å²) in [6, 6.07) is 0.564. The van der Waals surface area contributed by atoms with E-state index in [4.69, 9.17) is 11.6 Å². The molecule has 4 aliphatic rings. The Kier molecular flexibility index (Phi) is 12.0. The van der Waals surface area contributed by atoms with Crippen LogP contribution in [0.3, 0.4) is 0 Å². The molecule has 2 aliphatic heterocycles. The van der Waals surface area contributed by atoms with Gasteiger partial charge < -0.3 is 15.3 Å². The number of carbonyl (C=O) groups excluding carboxylic acids is 1. The molecule has 2 aliphatic carbocycles. The number of rotatable bonds is 12.